The van der Waals surface area contributed by atoms with E-state index in [4.69, 9.17) is 4.74 Å². The zero-order chi connectivity index (χ0) is 12.8. The van der Waals surface area contributed by atoms with Crippen LogP contribution in [-0.2, 0) is 11.2 Å². The summed E-state index contributed by atoms with van der Waals surface area (Å²) in [6.45, 7) is 6.05. The highest BCUT2D eigenvalue weighted by Crippen LogP contribution is 2.18. The Bertz CT molecular complexity index is 388. The number of hydrogen-bond acceptors (Lipinski definition) is 2. The summed E-state index contributed by atoms with van der Waals surface area (Å²) in [6, 6.07) is 6.07. The van der Waals surface area contributed by atoms with Crippen molar-refractivity contribution in [1.82, 2.24) is 5.32 Å². The number of nitrogens with one attached hydrogen (secondary N) is 1. The molecule has 3 heteroatoms. The van der Waals surface area contributed by atoms with Crippen LogP contribution in [0.5, 0.6) is 5.75 Å². The topological polar surface area (TPSA) is 38.3 Å². The molecule has 1 amide bonds. The summed E-state index contributed by atoms with van der Waals surface area (Å²) in [5.74, 6) is 0.931. The quantitative estimate of drug-likeness (QED) is 0.851. The molecule has 0 aromatic heterocycles. The van der Waals surface area contributed by atoms with Crippen molar-refractivity contribution >= 4 is 5.91 Å². The molecule has 0 bridgehead atoms. The molecule has 0 aliphatic heterocycles. The molecule has 17 heavy (non-hydrogen) atoms. The van der Waals surface area contributed by atoms with Crippen LogP contribution >= 0.6 is 0 Å². The zero-order valence-electron chi connectivity index (χ0n) is 11.0. The summed E-state index contributed by atoms with van der Waals surface area (Å²) >= 11 is 0. The van der Waals surface area contributed by atoms with Crippen molar-refractivity contribution in [3.05, 3.63) is 29.3 Å². The highest BCUT2D eigenvalue weighted by Gasteiger charge is 2.07. The van der Waals surface area contributed by atoms with Gasteiger partial charge >= 0.3 is 0 Å². The van der Waals surface area contributed by atoms with Gasteiger partial charge in [-0.1, -0.05) is 19.1 Å². The second-order valence-corrected chi connectivity index (χ2v) is 4.36. The van der Waals surface area contributed by atoms with Crippen molar-refractivity contribution in [1.29, 1.82) is 0 Å². The Balaban J connectivity index is 2.63. The van der Waals surface area contributed by atoms with Gasteiger partial charge in [0, 0.05) is 6.04 Å². The van der Waals surface area contributed by atoms with E-state index in [1.807, 2.05) is 32.0 Å². The third-order valence-corrected chi connectivity index (χ3v) is 2.84. The van der Waals surface area contributed by atoms with Gasteiger partial charge in [-0.25, -0.2) is 0 Å². The number of carbonyl (C=O) groups is 1. The normalized spacial score (nSPS) is 12.0. The fourth-order valence-electron chi connectivity index (χ4n) is 1.66. The molecule has 1 rings (SSSR count). The zero-order valence-corrected chi connectivity index (χ0v) is 11.0. The van der Waals surface area contributed by atoms with Crippen LogP contribution in [0.3, 0.4) is 0 Å². The van der Waals surface area contributed by atoms with Gasteiger partial charge in [0.15, 0.2) is 0 Å². The van der Waals surface area contributed by atoms with Gasteiger partial charge in [0.05, 0.1) is 13.5 Å². The van der Waals surface area contributed by atoms with E-state index in [9.17, 15) is 4.79 Å². The Hall–Kier alpha value is -1.51. The van der Waals surface area contributed by atoms with Crippen LogP contribution in [0.25, 0.3) is 0 Å². The Kier molecular flexibility index (Phi) is 5.01. The number of rotatable bonds is 5. The summed E-state index contributed by atoms with van der Waals surface area (Å²) < 4.78 is 5.19. The van der Waals surface area contributed by atoms with Gasteiger partial charge in [-0.05, 0) is 37.5 Å². The minimum absolute atomic E-state index is 0.0731. The van der Waals surface area contributed by atoms with Gasteiger partial charge in [0.1, 0.15) is 5.75 Å². The first-order chi connectivity index (χ1) is 8.06. The molecule has 0 radical (unpaired) electrons. The number of aryl methyl sites for hydroxylation is 1. The molecule has 1 atom stereocenters. The van der Waals surface area contributed by atoms with Crippen LogP contribution < -0.4 is 10.1 Å². The number of ether oxygens (including phenoxy) is 1. The number of amides is 1. The molecular formula is C14H21NO2. The van der Waals surface area contributed by atoms with Crippen molar-refractivity contribution in [3.63, 3.8) is 0 Å². The van der Waals surface area contributed by atoms with Gasteiger partial charge in [0.2, 0.25) is 5.91 Å². The molecule has 0 saturated heterocycles. The molecule has 0 aliphatic carbocycles. The highest BCUT2D eigenvalue weighted by molar-refractivity contribution is 5.78. The smallest absolute Gasteiger partial charge is 0.224 e. The minimum atomic E-state index is 0.0731. The fourth-order valence-corrected chi connectivity index (χ4v) is 1.66. The monoisotopic (exact) mass is 235 g/mol. The summed E-state index contributed by atoms with van der Waals surface area (Å²) in [4.78, 5) is 11.7. The predicted molar refractivity (Wildman–Crippen MR) is 69.3 cm³/mol. The molecule has 3 nitrogen and oxygen atoms in total. The predicted octanol–water partition coefficient (Wildman–Crippen LogP) is 2.46. The maximum atomic E-state index is 11.7. The fraction of sp³-hybridized carbons (Fsp3) is 0.500. The lowest BCUT2D eigenvalue weighted by Crippen LogP contribution is -2.33. The number of hydrogen-bond donors (Lipinski definition) is 1. The number of methoxy groups -OCH3 is 1. The van der Waals surface area contributed by atoms with Crippen molar-refractivity contribution in [2.75, 3.05) is 7.11 Å². The first-order valence-corrected chi connectivity index (χ1v) is 5.99. The minimum Gasteiger partial charge on any atom is -0.496 e. The van der Waals surface area contributed by atoms with E-state index < -0.39 is 0 Å². The summed E-state index contributed by atoms with van der Waals surface area (Å²) in [7, 11) is 1.65. The van der Waals surface area contributed by atoms with Crippen LogP contribution in [0.2, 0.25) is 0 Å². The molecule has 1 aromatic carbocycles. The molecule has 1 aromatic rings. The molecule has 0 heterocycles. The second-order valence-electron chi connectivity index (χ2n) is 4.36. The van der Waals surface area contributed by atoms with E-state index >= 15 is 0 Å². The molecule has 0 spiro atoms. The Morgan fingerprint density at radius 1 is 1.47 bits per heavy atom. The van der Waals surface area contributed by atoms with Gasteiger partial charge in [-0.2, -0.15) is 0 Å². The Morgan fingerprint density at radius 3 is 2.71 bits per heavy atom. The second kappa shape index (κ2) is 6.28. The SMILES string of the molecule is CC[C@H](C)NC(=O)Cc1ccc(OC)c(C)c1. The number of carbonyl (C=O) groups excluding carboxylic acids is 1. The molecule has 94 valence electrons. The van der Waals surface area contributed by atoms with Crippen molar-refractivity contribution in [2.45, 2.75) is 39.7 Å². The standard InChI is InChI=1S/C14H21NO2/c1-5-11(3)15-14(16)9-12-6-7-13(17-4)10(2)8-12/h6-8,11H,5,9H2,1-4H3,(H,15,16)/t11-/m0/s1. The highest BCUT2D eigenvalue weighted by atomic mass is 16.5. The van der Waals surface area contributed by atoms with Crippen LogP contribution in [0.1, 0.15) is 31.4 Å². The molecule has 0 fully saturated rings. The third kappa shape index (κ3) is 4.10. The molecule has 0 unspecified atom stereocenters. The third-order valence-electron chi connectivity index (χ3n) is 2.84. The van der Waals surface area contributed by atoms with Crippen molar-refractivity contribution in [3.8, 4) is 5.75 Å². The lowest BCUT2D eigenvalue weighted by Gasteiger charge is -2.12. The Morgan fingerprint density at radius 2 is 2.18 bits per heavy atom. The van der Waals surface area contributed by atoms with Crippen LogP contribution in [0.4, 0.5) is 0 Å². The van der Waals surface area contributed by atoms with Crippen LogP contribution in [-0.4, -0.2) is 19.1 Å². The van der Waals surface area contributed by atoms with Crippen molar-refractivity contribution in [2.24, 2.45) is 0 Å². The van der Waals surface area contributed by atoms with Crippen LogP contribution in [0.15, 0.2) is 18.2 Å². The van der Waals surface area contributed by atoms with Crippen molar-refractivity contribution < 1.29 is 9.53 Å². The van der Waals surface area contributed by atoms with E-state index in [0.717, 1.165) is 23.3 Å². The van der Waals surface area contributed by atoms with Gasteiger partial charge in [-0.15, -0.1) is 0 Å². The molecular weight excluding hydrogens is 214 g/mol. The van der Waals surface area contributed by atoms with E-state index in [0.29, 0.717) is 6.42 Å². The largest absolute Gasteiger partial charge is 0.496 e. The van der Waals surface area contributed by atoms with E-state index in [1.165, 1.54) is 0 Å². The maximum Gasteiger partial charge on any atom is 0.224 e. The average molecular weight is 235 g/mol. The summed E-state index contributed by atoms with van der Waals surface area (Å²) in [5, 5.41) is 2.96. The molecule has 1 N–H and O–H groups in total. The Labute approximate surface area is 103 Å². The lowest BCUT2D eigenvalue weighted by molar-refractivity contribution is -0.121. The average Bonchev–Trinajstić information content (AvgIpc) is 2.29. The maximum absolute atomic E-state index is 11.7. The van der Waals surface area contributed by atoms with E-state index in [2.05, 4.69) is 12.2 Å². The lowest BCUT2D eigenvalue weighted by atomic mass is 10.1. The van der Waals surface area contributed by atoms with Gasteiger partial charge in [0.25, 0.3) is 0 Å². The molecule has 0 saturated carbocycles. The van der Waals surface area contributed by atoms with E-state index in [-0.39, 0.29) is 11.9 Å². The summed E-state index contributed by atoms with van der Waals surface area (Å²) in [5.41, 5.74) is 2.07. The first-order valence-electron chi connectivity index (χ1n) is 5.99. The number of benzene rings is 1. The van der Waals surface area contributed by atoms with Gasteiger partial charge < -0.3 is 10.1 Å². The molecule has 0 aliphatic rings. The first kappa shape index (κ1) is 13.6. The van der Waals surface area contributed by atoms with Crippen LogP contribution in [0, 0.1) is 6.92 Å². The van der Waals surface area contributed by atoms with E-state index in [1.54, 1.807) is 7.11 Å². The summed E-state index contributed by atoms with van der Waals surface area (Å²) in [6.07, 6.45) is 1.38. The van der Waals surface area contributed by atoms with Gasteiger partial charge in [-0.3, -0.25) is 4.79 Å².